The molecule has 1 heterocycles. The van der Waals surface area contributed by atoms with E-state index < -0.39 is 15.8 Å². The molecule has 7 heteroatoms. The molecule has 0 spiro atoms. The SMILES string of the molecule is CS(=O)(=O)c1cc(CC(=O)O)nc(C2CC2)n1. The fraction of sp³-hybridized carbons (Fsp3) is 0.500. The Balaban J connectivity index is 2.45. The lowest BCUT2D eigenvalue weighted by molar-refractivity contribution is -0.136. The van der Waals surface area contributed by atoms with Gasteiger partial charge in [-0.05, 0) is 18.9 Å². The maximum Gasteiger partial charge on any atom is 0.309 e. The predicted molar refractivity (Wildman–Crippen MR) is 58.5 cm³/mol. The van der Waals surface area contributed by atoms with Crippen LogP contribution >= 0.6 is 0 Å². The van der Waals surface area contributed by atoms with Crippen molar-refractivity contribution in [3.63, 3.8) is 0 Å². The van der Waals surface area contributed by atoms with Gasteiger partial charge in [0.15, 0.2) is 14.9 Å². The van der Waals surface area contributed by atoms with Crippen molar-refractivity contribution in [2.45, 2.75) is 30.2 Å². The van der Waals surface area contributed by atoms with Crippen LogP contribution in [0.25, 0.3) is 0 Å². The van der Waals surface area contributed by atoms with E-state index in [0.717, 1.165) is 19.1 Å². The fourth-order valence-corrected chi connectivity index (χ4v) is 2.06. The van der Waals surface area contributed by atoms with Gasteiger partial charge in [-0.3, -0.25) is 4.79 Å². The van der Waals surface area contributed by atoms with Crippen molar-refractivity contribution in [2.24, 2.45) is 0 Å². The first kappa shape index (κ1) is 12.0. The number of aromatic nitrogens is 2. The van der Waals surface area contributed by atoms with Crippen LogP contribution in [-0.4, -0.2) is 35.7 Å². The van der Waals surface area contributed by atoms with Crippen LogP contribution in [0.1, 0.15) is 30.3 Å². The number of rotatable bonds is 4. The molecule has 0 radical (unpaired) electrons. The summed E-state index contributed by atoms with van der Waals surface area (Å²) in [5.74, 6) is -0.404. The van der Waals surface area contributed by atoms with Crippen molar-refractivity contribution < 1.29 is 18.3 Å². The number of carboxylic acids is 1. The van der Waals surface area contributed by atoms with Gasteiger partial charge in [0, 0.05) is 12.2 Å². The zero-order valence-corrected chi connectivity index (χ0v) is 10.1. The molecular formula is C10H12N2O4S. The number of hydrogen-bond acceptors (Lipinski definition) is 5. The Kier molecular flexibility index (Phi) is 2.86. The molecule has 1 N–H and O–H groups in total. The number of carboxylic acid groups (broad SMARTS) is 1. The van der Waals surface area contributed by atoms with Crippen LogP contribution in [0.4, 0.5) is 0 Å². The van der Waals surface area contributed by atoms with E-state index in [0.29, 0.717) is 5.82 Å². The van der Waals surface area contributed by atoms with Crippen molar-refractivity contribution in [2.75, 3.05) is 6.26 Å². The Hall–Kier alpha value is -1.50. The highest BCUT2D eigenvalue weighted by Gasteiger charge is 2.28. The summed E-state index contributed by atoms with van der Waals surface area (Å²) in [6.45, 7) is 0. The van der Waals surface area contributed by atoms with Crippen LogP contribution in [0.3, 0.4) is 0 Å². The lowest BCUT2D eigenvalue weighted by atomic mass is 10.3. The molecular weight excluding hydrogens is 244 g/mol. The van der Waals surface area contributed by atoms with E-state index in [1.54, 1.807) is 0 Å². The van der Waals surface area contributed by atoms with E-state index in [2.05, 4.69) is 9.97 Å². The summed E-state index contributed by atoms with van der Waals surface area (Å²) in [5.41, 5.74) is 0.245. The van der Waals surface area contributed by atoms with Crippen molar-refractivity contribution in [1.82, 2.24) is 9.97 Å². The molecule has 1 aromatic heterocycles. The van der Waals surface area contributed by atoms with E-state index in [9.17, 15) is 13.2 Å². The molecule has 0 aliphatic heterocycles. The second-order valence-corrected chi connectivity index (χ2v) is 6.14. The average Bonchev–Trinajstić information content (AvgIpc) is 2.97. The van der Waals surface area contributed by atoms with Crippen LogP contribution in [0.2, 0.25) is 0 Å². The summed E-state index contributed by atoms with van der Waals surface area (Å²) < 4.78 is 22.9. The predicted octanol–water partition coefficient (Wildman–Crippen LogP) is 0.385. The molecule has 1 aliphatic rings. The highest BCUT2D eigenvalue weighted by Crippen LogP contribution is 2.38. The largest absolute Gasteiger partial charge is 0.481 e. The summed E-state index contributed by atoms with van der Waals surface area (Å²) in [4.78, 5) is 18.7. The molecule has 1 aliphatic carbocycles. The van der Waals surface area contributed by atoms with Gasteiger partial charge in [0.25, 0.3) is 0 Å². The minimum Gasteiger partial charge on any atom is -0.481 e. The monoisotopic (exact) mass is 256 g/mol. The number of hydrogen-bond donors (Lipinski definition) is 1. The minimum atomic E-state index is -3.43. The van der Waals surface area contributed by atoms with Gasteiger partial charge in [0.1, 0.15) is 5.82 Å². The third kappa shape index (κ3) is 3.00. The van der Waals surface area contributed by atoms with E-state index in [-0.39, 0.29) is 23.1 Å². The Morgan fingerprint density at radius 2 is 2.12 bits per heavy atom. The molecule has 0 amide bonds. The Morgan fingerprint density at radius 1 is 1.47 bits per heavy atom. The first-order valence-corrected chi connectivity index (χ1v) is 7.05. The topological polar surface area (TPSA) is 97.2 Å². The zero-order chi connectivity index (χ0) is 12.6. The number of carbonyl (C=O) groups is 1. The maximum atomic E-state index is 11.4. The quantitative estimate of drug-likeness (QED) is 0.782. The van der Waals surface area contributed by atoms with Gasteiger partial charge in [-0.15, -0.1) is 0 Å². The lowest BCUT2D eigenvalue weighted by Crippen LogP contribution is -2.10. The maximum absolute atomic E-state index is 11.4. The fourth-order valence-electron chi connectivity index (χ4n) is 1.45. The third-order valence-corrected chi connectivity index (χ3v) is 3.40. The highest BCUT2D eigenvalue weighted by atomic mass is 32.2. The second kappa shape index (κ2) is 4.06. The van der Waals surface area contributed by atoms with Gasteiger partial charge in [-0.2, -0.15) is 0 Å². The van der Waals surface area contributed by atoms with Crippen LogP contribution in [0.15, 0.2) is 11.1 Å². The van der Waals surface area contributed by atoms with Crippen LogP contribution in [-0.2, 0) is 21.1 Å². The smallest absolute Gasteiger partial charge is 0.309 e. The molecule has 0 aromatic carbocycles. The Labute approximate surface area is 98.6 Å². The van der Waals surface area contributed by atoms with Gasteiger partial charge in [-0.1, -0.05) is 0 Å². The van der Waals surface area contributed by atoms with E-state index >= 15 is 0 Å². The molecule has 1 fully saturated rings. The molecule has 1 aromatic rings. The number of aliphatic carboxylic acids is 1. The van der Waals surface area contributed by atoms with Gasteiger partial charge in [0.05, 0.1) is 12.1 Å². The standard InChI is InChI=1S/C10H12N2O4S/c1-17(15,16)8-4-7(5-9(13)14)11-10(12-8)6-2-3-6/h4,6H,2-3,5H2,1H3,(H,13,14). The average molecular weight is 256 g/mol. The lowest BCUT2D eigenvalue weighted by Gasteiger charge is -2.04. The van der Waals surface area contributed by atoms with E-state index in [1.165, 1.54) is 6.07 Å². The summed E-state index contributed by atoms with van der Waals surface area (Å²) >= 11 is 0. The van der Waals surface area contributed by atoms with Crippen LogP contribution < -0.4 is 0 Å². The molecule has 2 rings (SSSR count). The molecule has 1 saturated carbocycles. The number of sulfone groups is 1. The van der Waals surface area contributed by atoms with Crippen molar-refractivity contribution in [3.05, 3.63) is 17.6 Å². The first-order valence-electron chi connectivity index (χ1n) is 5.16. The third-order valence-electron chi connectivity index (χ3n) is 2.43. The normalized spacial score (nSPS) is 15.8. The van der Waals surface area contributed by atoms with Crippen LogP contribution in [0.5, 0.6) is 0 Å². The number of nitrogens with zero attached hydrogens (tertiary/aromatic N) is 2. The first-order chi connectivity index (χ1) is 7.86. The van der Waals surface area contributed by atoms with Crippen molar-refractivity contribution in [1.29, 1.82) is 0 Å². The molecule has 6 nitrogen and oxygen atoms in total. The van der Waals surface area contributed by atoms with Gasteiger partial charge >= 0.3 is 5.97 Å². The van der Waals surface area contributed by atoms with Gasteiger partial charge < -0.3 is 5.11 Å². The van der Waals surface area contributed by atoms with Gasteiger partial charge in [-0.25, -0.2) is 18.4 Å². The molecule has 92 valence electrons. The Bertz CT molecular complexity index is 564. The van der Waals surface area contributed by atoms with Crippen molar-refractivity contribution >= 4 is 15.8 Å². The minimum absolute atomic E-state index is 0.0920. The van der Waals surface area contributed by atoms with E-state index in [1.807, 2.05) is 0 Å². The van der Waals surface area contributed by atoms with Crippen LogP contribution in [0, 0.1) is 0 Å². The highest BCUT2D eigenvalue weighted by molar-refractivity contribution is 7.90. The second-order valence-electron chi connectivity index (χ2n) is 4.17. The Morgan fingerprint density at radius 3 is 2.59 bits per heavy atom. The summed E-state index contributed by atoms with van der Waals surface area (Å²) in [7, 11) is -3.43. The summed E-state index contributed by atoms with van der Waals surface area (Å²) in [6, 6.07) is 1.23. The zero-order valence-electron chi connectivity index (χ0n) is 9.25. The summed E-state index contributed by atoms with van der Waals surface area (Å²) in [6.07, 6.45) is 2.63. The molecule has 0 bridgehead atoms. The summed E-state index contributed by atoms with van der Waals surface area (Å²) in [5, 5.41) is 8.60. The van der Waals surface area contributed by atoms with Gasteiger partial charge in [0.2, 0.25) is 0 Å². The van der Waals surface area contributed by atoms with E-state index in [4.69, 9.17) is 5.11 Å². The molecule has 0 unspecified atom stereocenters. The van der Waals surface area contributed by atoms with Crippen molar-refractivity contribution in [3.8, 4) is 0 Å². The molecule has 17 heavy (non-hydrogen) atoms. The molecule has 0 saturated heterocycles. The molecule has 0 atom stereocenters.